The molecule has 1 heterocycles. The minimum Gasteiger partial charge on any atom is -0.349 e. The van der Waals surface area contributed by atoms with Gasteiger partial charge in [-0.25, -0.2) is 0 Å². The van der Waals surface area contributed by atoms with Crippen LogP contribution < -0.4 is 10.6 Å². The number of anilines is 3. The van der Waals surface area contributed by atoms with E-state index in [1.807, 2.05) is 0 Å². The van der Waals surface area contributed by atoms with E-state index in [1.54, 1.807) is 6.20 Å². The molecule has 0 spiro atoms. The van der Waals surface area contributed by atoms with Crippen molar-refractivity contribution in [2.75, 3.05) is 10.6 Å². The van der Waals surface area contributed by atoms with Crippen LogP contribution in [0, 0.1) is 6.92 Å². The Hall–Kier alpha value is -2.95. The molecule has 5 nitrogen and oxygen atoms in total. The Kier molecular flexibility index (Phi) is 5.23. The van der Waals surface area contributed by atoms with Crippen LogP contribution in [0.5, 0.6) is 0 Å². The van der Waals surface area contributed by atoms with E-state index >= 15 is 0 Å². The molecule has 1 aromatic heterocycles. The molecule has 0 aliphatic carbocycles. The Morgan fingerprint density at radius 3 is 2.36 bits per heavy atom. The van der Waals surface area contributed by atoms with Gasteiger partial charge in [0, 0.05) is 12.2 Å². The fourth-order valence-corrected chi connectivity index (χ4v) is 2.42. The van der Waals surface area contributed by atoms with Gasteiger partial charge in [0.2, 0.25) is 5.95 Å². The van der Waals surface area contributed by atoms with Crippen LogP contribution in [0.4, 0.5) is 17.5 Å². The highest BCUT2D eigenvalue weighted by atomic mass is 15.3. The molecule has 0 saturated carbocycles. The number of benzene rings is 2. The van der Waals surface area contributed by atoms with Crippen LogP contribution in [-0.4, -0.2) is 15.2 Å². The molecule has 0 radical (unpaired) electrons. The zero-order valence-electron chi connectivity index (χ0n) is 14.8. The topological polar surface area (TPSA) is 62.7 Å². The average molecular weight is 333 g/mol. The van der Waals surface area contributed by atoms with Crippen molar-refractivity contribution in [3.8, 4) is 0 Å². The molecule has 2 N–H and O–H groups in total. The van der Waals surface area contributed by atoms with Gasteiger partial charge in [-0.15, -0.1) is 5.10 Å². The standard InChI is InChI=1S/C20H23N5/c1-14(2)17-8-10-18(11-9-17)23-19-13-22-25-20(24-19)21-12-16-6-4-15(3)5-7-16/h4-11,13-14H,12H2,1-3H3,(H2,21,23,24,25). The molecule has 0 unspecified atom stereocenters. The molecule has 5 heteroatoms. The highest BCUT2D eigenvalue weighted by molar-refractivity contribution is 5.56. The normalized spacial score (nSPS) is 10.7. The van der Waals surface area contributed by atoms with Crippen molar-refractivity contribution in [2.45, 2.75) is 33.2 Å². The van der Waals surface area contributed by atoms with E-state index in [1.165, 1.54) is 16.7 Å². The third-order valence-corrected chi connectivity index (χ3v) is 3.98. The molecular weight excluding hydrogens is 310 g/mol. The van der Waals surface area contributed by atoms with Crippen molar-refractivity contribution in [1.29, 1.82) is 0 Å². The number of nitrogens with zero attached hydrogens (tertiary/aromatic N) is 3. The number of aromatic nitrogens is 3. The van der Waals surface area contributed by atoms with E-state index in [2.05, 4.69) is 95.1 Å². The lowest BCUT2D eigenvalue weighted by molar-refractivity contribution is 0.867. The van der Waals surface area contributed by atoms with E-state index in [9.17, 15) is 0 Å². The lowest BCUT2D eigenvalue weighted by Crippen LogP contribution is -2.06. The summed E-state index contributed by atoms with van der Waals surface area (Å²) in [5, 5.41) is 14.5. The third kappa shape index (κ3) is 4.76. The van der Waals surface area contributed by atoms with E-state index in [-0.39, 0.29) is 0 Å². The van der Waals surface area contributed by atoms with Crippen molar-refractivity contribution < 1.29 is 0 Å². The van der Waals surface area contributed by atoms with Crippen molar-refractivity contribution in [2.24, 2.45) is 0 Å². The van der Waals surface area contributed by atoms with Crippen LogP contribution >= 0.6 is 0 Å². The van der Waals surface area contributed by atoms with Gasteiger partial charge in [0.15, 0.2) is 5.82 Å². The summed E-state index contributed by atoms with van der Waals surface area (Å²) in [6, 6.07) is 16.7. The summed E-state index contributed by atoms with van der Waals surface area (Å²) >= 11 is 0. The van der Waals surface area contributed by atoms with Gasteiger partial charge in [-0.3, -0.25) is 0 Å². The first-order valence-corrected chi connectivity index (χ1v) is 8.46. The molecule has 3 rings (SSSR count). The summed E-state index contributed by atoms with van der Waals surface area (Å²) in [5.74, 6) is 1.69. The van der Waals surface area contributed by atoms with Gasteiger partial charge in [0.05, 0.1) is 6.20 Å². The quantitative estimate of drug-likeness (QED) is 0.687. The summed E-state index contributed by atoms with van der Waals surface area (Å²) in [6.07, 6.45) is 1.62. The maximum atomic E-state index is 4.46. The molecule has 0 fully saturated rings. The van der Waals surface area contributed by atoms with Gasteiger partial charge in [-0.1, -0.05) is 55.8 Å². The predicted octanol–water partition coefficient (Wildman–Crippen LogP) is 4.66. The van der Waals surface area contributed by atoms with Crippen LogP contribution in [0.25, 0.3) is 0 Å². The van der Waals surface area contributed by atoms with Crippen LogP contribution in [-0.2, 0) is 6.54 Å². The fourth-order valence-electron chi connectivity index (χ4n) is 2.42. The molecule has 0 bridgehead atoms. The summed E-state index contributed by atoms with van der Waals surface area (Å²) in [7, 11) is 0. The van der Waals surface area contributed by atoms with Gasteiger partial charge in [-0.05, 0) is 36.1 Å². The molecule has 25 heavy (non-hydrogen) atoms. The first kappa shape index (κ1) is 16.9. The Morgan fingerprint density at radius 2 is 1.68 bits per heavy atom. The van der Waals surface area contributed by atoms with Gasteiger partial charge >= 0.3 is 0 Å². The van der Waals surface area contributed by atoms with Crippen molar-refractivity contribution in [1.82, 2.24) is 15.2 Å². The molecular formula is C20H23N5. The van der Waals surface area contributed by atoms with Crippen LogP contribution in [0.1, 0.15) is 36.5 Å². The molecule has 128 valence electrons. The first-order chi connectivity index (χ1) is 12.1. The lowest BCUT2D eigenvalue weighted by atomic mass is 10.0. The number of rotatable bonds is 6. The smallest absolute Gasteiger partial charge is 0.244 e. The fraction of sp³-hybridized carbons (Fsp3) is 0.250. The monoisotopic (exact) mass is 333 g/mol. The van der Waals surface area contributed by atoms with Crippen LogP contribution in [0.15, 0.2) is 54.7 Å². The molecule has 2 aromatic carbocycles. The zero-order chi connectivity index (χ0) is 17.6. The van der Waals surface area contributed by atoms with Crippen LogP contribution in [0.2, 0.25) is 0 Å². The zero-order valence-corrected chi connectivity index (χ0v) is 14.8. The summed E-state index contributed by atoms with van der Waals surface area (Å²) in [6.45, 7) is 7.10. The second kappa shape index (κ2) is 7.75. The molecule has 0 atom stereocenters. The van der Waals surface area contributed by atoms with E-state index < -0.39 is 0 Å². The first-order valence-electron chi connectivity index (χ1n) is 8.46. The highest BCUT2D eigenvalue weighted by Crippen LogP contribution is 2.19. The van der Waals surface area contributed by atoms with Gasteiger partial charge < -0.3 is 10.6 Å². The average Bonchev–Trinajstić information content (AvgIpc) is 2.62. The maximum Gasteiger partial charge on any atom is 0.244 e. The molecule has 0 aliphatic rings. The summed E-state index contributed by atoms with van der Waals surface area (Å²) < 4.78 is 0. The Balaban J connectivity index is 1.63. The maximum absolute atomic E-state index is 4.46. The highest BCUT2D eigenvalue weighted by Gasteiger charge is 2.03. The van der Waals surface area contributed by atoms with Gasteiger partial charge in [0.25, 0.3) is 0 Å². The third-order valence-electron chi connectivity index (χ3n) is 3.98. The number of hydrogen-bond donors (Lipinski definition) is 2. The van der Waals surface area contributed by atoms with E-state index in [0.29, 0.717) is 24.2 Å². The predicted molar refractivity (Wildman–Crippen MR) is 102 cm³/mol. The largest absolute Gasteiger partial charge is 0.349 e. The van der Waals surface area contributed by atoms with Crippen LogP contribution in [0.3, 0.4) is 0 Å². The minimum absolute atomic E-state index is 0.504. The van der Waals surface area contributed by atoms with Crippen molar-refractivity contribution in [3.63, 3.8) is 0 Å². The second-order valence-electron chi connectivity index (χ2n) is 6.41. The number of nitrogens with one attached hydrogen (secondary N) is 2. The Labute approximate surface area is 148 Å². The lowest BCUT2D eigenvalue weighted by Gasteiger charge is -2.09. The van der Waals surface area contributed by atoms with Crippen molar-refractivity contribution >= 4 is 17.5 Å². The van der Waals surface area contributed by atoms with E-state index in [0.717, 1.165) is 5.69 Å². The minimum atomic E-state index is 0.504. The molecule has 0 aliphatic heterocycles. The molecule has 3 aromatic rings. The van der Waals surface area contributed by atoms with Gasteiger partial charge in [0.1, 0.15) is 0 Å². The Bertz CT molecular complexity index is 810. The van der Waals surface area contributed by atoms with E-state index in [4.69, 9.17) is 0 Å². The summed E-state index contributed by atoms with van der Waals surface area (Å²) in [5.41, 5.74) is 4.72. The second-order valence-corrected chi connectivity index (χ2v) is 6.41. The Morgan fingerprint density at radius 1 is 0.960 bits per heavy atom. The summed E-state index contributed by atoms with van der Waals surface area (Å²) in [4.78, 5) is 4.46. The van der Waals surface area contributed by atoms with Gasteiger partial charge in [-0.2, -0.15) is 10.1 Å². The van der Waals surface area contributed by atoms with Crippen molar-refractivity contribution in [3.05, 3.63) is 71.4 Å². The molecule has 0 amide bonds. The number of aryl methyl sites for hydroxylation is 1. The SMILES string of the molecule is Cc1ccc(CNc2nncc(Nc3ccc(C(C)C)cc3)n2)cc1. The number of hydrogen-bond acceptors (Lipinski definition) is 5. The molecule has 0 saturated heterocycles.